The quantitative estimate of drug-likeness (QED) is 0.589. The molecule has 2 N–H and O–H groups in total. The van der Waals surface area contributed by atoms with Gasteiger partial charge in [-0.1, -0.05) is 0 Å². The summed E-state index contributed by atoms with van der Waals surface area (Å²) in [5.74, 6) is 0.207. The largest absolute Gasteiger partial charge is 0.494 e. The van der Waals surface area contributed by atoms with Gasteiger partial charge in [-0.05, 0) is 44.5 Å². The average molecular weight is 381 g/mol. The van der Waals surface area contributed by atoms with Crippen LogP contribution in [-0.4, -0.2) is 41.1 Å². The van der Waals surface area contributed by atoms with Crippen LogP contribution < -0.4 is 0 Å². The lowest BCUT2D eigenvalue weighted by Crippen LogP contribution is -2.06. The summed E-state index contributed by atoms with van der Waals surface area (Å²) < 4.78 is 10.6. The van der Waals surface area contributed by atoms with Gasteiger partial charge in [0.05, 0.1) is 36.4 Å². The molecule has 28 heavy (non-hydrogen) atoms. The van der Waals surface area contributed by atoms with E-state index in [1.807, 2.05) is 26.0 Å². The zero-order valence-electron chi connectivity index (χ0n) is 16.6. The molecule has 1 aliphatic heterocycles. The summed E-state index contributed by atoms with van der Waals surface area (Å²) in [5, 5.41) is 0. The van der Waals surface area contributed by atoms with Crippen LogP contribution in [0.4, 0.5) is 0 Å². The predicted molar refractivity (Wildman–Crippen MR) is 107 cm³/mol. The number of carbonyl (C=O) groups is 2. The molecular weight excluding hydrogens is 358 g/mol. The minimum Gasteiger partial charge on any atom is -0.494 e. The highest BCUT2D eigenvalue weighted by Crippen LogP contribution is 2.27. The lowest BCUT2D eigenvalue weighted by molar-refractivity contribution is 0.0525. The Labute approximate surface area is 163 Å². The van der Waals surface area contributed by atoms with Crippen molar-refractivity contribution in [3.63, 3.8) is 0 Å². The Morgan fingerprint density at radius 1 is 1.21 bits per heavy atom. The first-order valence-corrected chi connectivity index (χ1v) is 8.98. The van der Waals surface area contributed by atoms with E-state index in [2.05, 4.69) is 15.0 Å². The Morgan fingerprint density at radius 2 is 1.96 bits per heavy atom. The number of aromatic nitrogens is 2. The molecule has 146 valence electrons. The van der Waals surface area contributed by atoms with E-state index in [0.29, 0.717) is 35.0 Å². The van der Waals surface area contributed by atoms with Crippen LogP contribution in [0.3, 0.4) is 0 Å². The van der Waals surface area contributed by atoms with Gasteiger partial charge in [0.25, 0.3) is 0 Å². The molecule has 0 atom stereocenters. The van der Waals surface area contributed by atoms with Crippen LogP contribution in [0.15, 0.2) is 34.7 Å². The number of ketones is 1. The molecular formula is C21H23N3O4. The van der Waals surface area contributed by atoms with Crippen molar-refractivity contribution in [2.75, 3.05) is 13.7 Å². The number of allylic oxidation sites excluding steroid dienone is 1. The Kier molecular flexibility index (Phi) is 5.35. The lowest BCUT2D eigenvalue weighted by Gasteiger charge is -2.03. The summed E-state index contributed by atoms with van der Waals surface area (Å²) in [6.45, 7) is 7.30. The van der Waals surface area contributed by atoms with Gasteiger partial charge < -0.3 is 19.4 Å². The molecule has 2 aromatic rings. The smallest absolute Gasteiger partial charge is 0.340 e. The maximum Gasteiger partial charge on any atom is 0.340 e. The molecule has 0 radical (unpaired) electrons. The summed E-state index contributed by atoms with van der Waals surface area (Å²) >= 11 is 0. The third-order valence-electron chi connectivity index (χ3n) is 4.56. The number of carbonyl (C=O) groups excluding carboxylic acids is 2. The number of H-pyrrole nitrogens is 2. The topological polar surface area (TPSA) is 96.5 Å². The molecule has 0 amide bonds. The third kappa shape index (κ3) is 3.55. The average Bonchev–Trinajstić information content (AvgIpc) is 3.33. The number of ether oxygens (including phenoxy) is 2. The number of rotatable bonds is 6. The number of nitrogens with one attached hydrogen (secondary N) is 2. The molecule has 2 aromatic heterocycles. The van der Waals surface area contributed by atoms with Crippen LogP contribution >= 0.6 is 0 Å². The Balaban J connectivity index is 1.98. The summed E-state index contributed by atoms with van der Waals surface area (Å²) in [6, 6.07) is 3.54. The van der Waals surface area contributed by atoms with Crippen LogP contribution in [0.25, 0.3) is 6.08 Å². The highest BCUT2D eigenvalue weighted by atomic mass is 16.5. The second-order valence-corrected chi connectivity index (χ2v) is 6.47. The van der Waals surface area contributed by atoms with Crippen molar-refractivity contribution in [3.05, 3.63) is 63.6 Å². The Morgan fingerprint density at radius 3 is 2.57 bits per heavy atom. The van der Waals surface area contributed by atoms with E-state index in [0.717, 1.165) is 22.6 Å². The second-order valence-electron chi connectivity index (χ2n) is 6.47. The molecule has 0 aliphatic carbocycles. The number of methoxy groups -OCH3 is 1. The van der Waals surface area contributed by atoms with Crippen molar-refractivity contribution < 1.29 is 19.1 Å². The summed E-state index contributed by atoms with van der Waals surface area (Å²) in [6.07, 6.45) is 3.64. The standard InChI is InChI=1S/C21H23N3O4/c1-6-28-21(26)20-11(2)16(22-12(20)3)9-18-19(27-5)10-17(24-18)15-8-7-14(23-15)13(4)25/h7-10,22-23H,6H2,1-5H3/b18-9-. The van der Waals surface area contributed by atoms with Crippen molar-refractivity contribution in [3.8, 4) is 0 Å². The van der Waals surface area contributed by atoms with Gasteiger partial charge in [0, 0.05) is 24.4 Å². The van der Waals surface area contributed by atoms with E-state index < -0.39 is 0 Å². The van der Waals surface area contributed by atoms with E-state index in [-0.39, 0.29) is 11.8 Å². The first-order valence-electron chi connectivity index (χ1n) is 8.98. The van der Waals surface area contributed by atoms with Crippen molar-refractivity contribution >= 4 is 23.5 Å². The van der Waals surface area contributed by atoms with Gasteiger partial charge in [-0.2, -0.15) is 0 Å². The fourth-order valence-corrected chi connectivity index (χ4v) is 3.13. The van der Waals surface area contributed by atoms with Crippen molar-refractivity contribution in [1.29, 1.82) is 0 Å². The van der Waals surface area contributed by atoms with Crippen LogP contribution in [-0.2, 0) is 9.47 Å². The lowest BCUT2D eigenvalue weighted by atomic mass is 10.1. The molecule has 7 heteroatoms. The molecule has 7 nitrogen and oxygen atoms in total. The zero-order chi connectivity index (χ0) is 20.4. The number of aromatic amines is 2. The second kappa shape index (κ2) is 7.72. The number of nitrogens with zero attached hydrogens (tertiary/aromatic N) is 1. The third-order valence-corrected chi connectivity index (χ3v) is 4.56. The van der Waals surface area contributed by atoms with Gasteiger partial charge >= 0.3 is 5.97 Å². The van der Waals surface area contributed by atoms with E-state index in [1.165, 1.54) is 6.92 Å². The van der Waals surface area contributed by atoms with Crippen molar-refractivity contribution in [1.82, 2.24) is 9.97 Å². The number of hydrogen-bond acceptors (Lipinski definition) is 5. The molecule has 0 fully saturated rings. The summed E-state index contributed by atoms with van der Waals surface area (Å²) in [4.78, 5) is 34.6. The molecule has 1 aliphatic rings. The number of aliphatic imine (C=N–C) groups is 1. The number of hydrogen-bond donors (Lipinski definition) is 2. The minimum atomic E-state index is -0.348. The van der Waals surface area contributed by atoms with Gasteiger partial charge in [0.2, 0.25) is 0 Å². The molecule has 0 saturated carbocycles. The van der Waals surface area contributed by atoms with Crippen LogP contribution in [0.5, 0.6) is 0 Å². The van der Waals surface area contributed by atoms with E-state index >= 15 is 0 Å². The molecule has 0 saturated heterocycles. The van der Waals surface area contributed by atoms with E-state index in [9.17, 15) is 9.59 Å². The van der Waals surface area contributed by atoms with Gasteiger partial charge in [-0.15, -0.1) is 0 Å². The summed E-state index contributed by atoms with van der Waals surface area (Å²) in [5.41, 5.74) is 5.38. The normalized spacial score (nSPS) is 14.8. The summed E-state index contributed by atoms with van der Waals surface area (Å²) in [7, 11) is 1.57. The first kappa shape index (κ1) is 19.4. The number of aryl methyl sites for hydroxylation is 1. The van der Waals surface area contributed by atoms with Gasteiger partial charge in [0.15, 0.2) is 5.78 Å². The molecule has 0 bridgehead atoms. The Hall–Kier alpha value is -3.35. The van der Waals surface area contributed by atoms with Gasteiger partial charge in [0.1, 0.15) is 11.5 Å². The van der Waals surface area contributed by atoms with Gasteiger partial charge in [-0.25, -0.2) is 9.79 Å². The first-order chi connectivity index (χ1) is 13.3. The zero-order valence-corrected chi connectivity index (χ0v) is 16.6. The number of Topliss-reactive ketones (excluding diaryl/α,β-unsaturated/α-hetero) is 1. The van der Waals surface area contributed by atoms with Crippen LogP contribution in [0.2, 0.25) is 0 Å². The minimum absolute atomic E-state index is 0.0412. The monoisotopic (exact) mass is 381 g/mol. The maximum atomic E-state index is 12.2. The number of esters is 1. The maximum absolute atomic E-state index is 12.2. The van der Waals surface area contributed by atoms with E-state index in [4.69, 9.17) is 9.47 Å². The van der Waals surface area contributed by atoms with Crippen molar-refractivity contribution in [2.45, 2.75) is 27.7 Å². The highest BCUT2D eigenvalue weighted by molar-refractivity contribution is 6.11. The molecule has 3 heterocycles. The molecule has 3 rings (SSSR count). The molecule has 0 unspecified atom stereocenters. The SMILES string of the molecule is CCOC(=O)c1c(C)[nH]c(/C=C2\N=C(c3ccc(C(C)=O)[nH]3)C=C2OC)c1C. The fourth-order valence-electron chi connectivity index (χ4n) is 3.13. The van der Waals surface area contributed by atoms with Crippen LogP contribution in [0, 0.1) is 13.8 Å². The molecule has 0 aromatic carbocycles. The Bertz CT molecular complexity index is 1030. The van der Waals surface area contributed by atoms with Gasteiger partial charge in [-0.3, -0.25) is 4.79 Å². The predicted octanol–water partition coefficient (Wildman–Crippen LogP) is 3.71. The highest BCUT2D eigenvalue weighted by Gasteiger charge is 2.22. The molecule has 0 spiro atoms. The van der Waals surface area contributed by atoms with E-state index in [1.54, 1.807) is 26.2 Å². The van der Waals surface area contributed by atoms with Crippen molar-refractivity contribution in [2.24, 2.45) is 4.99 Å². The fraction of sp³-hybridized carbons (Fsp3) is 0.286. The van der Waals surface area contributed by atoms with Crippen LogP contribution in [0.1, 0.15) is 57.3 Å².